The molecule has 0 aromatic rings. The Kier molecular flexibility index (Phi) is 3.73. The summed E-state index contributed by atoms with van der Waals surface area (Å²) in [7, 11) is -3.54. The monoisotopic (exact) mass is 152 g/mol. The molecule has 0 bridgehead atoms. The molecule has 0 saturated carbocycles. The molecule has 0 radical (unpaired) electrons. The van der Waals surface area contributed by atoms with Gasteiger partial charge in [-0.3, -0.25) is 9.05 Å². The molecule has 0 amide bonds. The molecule has 0 atom stereocenters. The molecule has 4 nitrogen and oxygen atoms in total. The third-order valence-electron chi connectivity index (χ3n) is 0.592. The summed E-state index contributed by atoms with van der Waals surface area (Å²) >= 11 is 0. The largest absolute Gasteiger partial charge is 0.472 e. The lowest BCUT2D eigenvalue weighted by atomic mass is 10.8. The minimum atomic E-state index is -3.54. The van der Waals surface area contributed by atoms with Crippen molar-refractivity contribution in [2.24, 2.45) is 0 Å². The van der Waals surface area contributed by atoms with Gasteiger partial charge in [0.25, 0.3) is 0 Å². The number of hydrogen-bond acceptors (Lipinski definition) is 3. The normalized spacial score (nSPS) is 22.3. The van der Waals surface area contributed by atoms with Gasteiger partial charge < -0.3 is 4.89 Å². The summed E-state index contributed by atoms with van der Waals surface area (Å²) in [5.41, 5.74) is 0. The van der Waals surface area contributed by atoms with Crippen LogP contribution in [0, 0.1) is 0 Å². The Labute approximate surface area is 53.7 Å². The fraction of sp³-hybridized carbons (Fsp3) is 0.500. The summed E-state index contributed by atoms with van der Waals surface area (Å²) < 4.78 is 18.6. The van der Waals surface area contributed by atoms with Gasteiger partial charge in [-0.05, 0) is 0 Å². The van der Waals surface area contributed by atoms with Crippen LogP contribution in [-0.2, 0) is 13.6 Å². The van der Waals surface area contributed by atoms with Crippen LogP contribution in [0.3, 0.4) is 0 Å². The van der Waals surface area contributed by atoms with Crippen LogP contribution >= 0.6 is 7.82 Å². The first kappa shape index (κ1) is 8.85. The van der Waals surface area contributed by atoms with Crippen molar-refractivity contribution in [2.45, 2.75) is 0 Å². The Morgan fingerprint density at radius 2 is 1.67 bits per heavy atom. The minimum Gasteiger partial charge on any atom is -0.302 e. The lowest BCUT2D eigenvalue weighted by Gasteiger charge is -1.94. The van der Waals surface area contributed by atoms with E-state index in [0.29, 0.717) is 0 Å². The third kappa shape index (κ3) is 3.43. The Bertz CT molecular complexity index is 114. The van der Waals surface area contributed by atoms with E-state index in [0.717, 1.165) is 0 Å². The summed E-state index contributed by atoms with van der Waals surface area (Å²) in [5.74, 6) is 0. The van der Waals surface area contributed by atoms with E-state index in [4.69, 9.17) is 4.89 Å². The Hall–Kier alpha value is -0.150. The van der Waals surface area contributed by atoms with Crippen LogP contribution < -0.4 is 0 Å². The minimum absolute atomic E-state index is 0.230. The van der Waals surface area contributed by atoms with Crippen LogP contribution in [0.4, 0.5) is 0 Å². The summed E-state index contributed by atoms with van der Waals surface area (Å²) in [6.07, 6.45) is 0. The predicted octanol–water partition coefficient (Wildman–Crippen LogP) is 0.936. The maximum Gasteiger partial charge on any atom is 0.472 e. The Morgan fingerprint density at radius 1 is 1.33 bits per heavy atom. The molecule has 9 heavy (non-hydrogen) atoms. The van der Waals surface area contributed by atoms with Crippen LogP contribution in [0.1, 0.15) is 0 Å². The van der Waals surface area contributed by atoms with E-state index in [-0.39, 0.29) is 13.2 Å². The van der Waals surface area contributed by atoms with Crippen LogP contribution in [-0.4, -0.2) is 18.1 Å². The summed E-state index contributed by atoms with van der Waals surface area (Å²) in [6.45, 7) is 6.46. The lowest BCUT2D eigenvalue weighted by molar-refractivity contribution is 0.262. The molecule has 1 heterocycles. The van der Waals surface area contributed by atoms with Gasteiger partial charge in [0.2, 0.25) is 0 Å². The van der Waals surface area contributed by atoms with Crippen LogP contribution in [0.2, 0.25) is 0 Å². The second kappa shape index (κ2) is 3.80. The van der Waals surface area contributed by atoms with Gasteiger partial charge in [-0.25, -0.2) is 4.57 Å². The molecule has 1 rings (SSSR count). The van der Waals surface area contributed by atoms with Gasteiger partial charge in [0.15, 0.2) is 0 Å². The molecule has 0 aromatic carbocycles. The van der Waals surface area contributed by atoms with Crippen molar-refractivity contribution in [3.8, 4) is 0 Å². The molecule has 1 N–H and O–H groups in total. The van der Waals surface area contributed by atoms with Crippen molar-refractivity contribution in [2.75, 3.05) is 13.2 Å². The highest BCUT2D eigenvalue weighted by molar-refractivity contribution is 7.47. The zero-order valence-electron chi connectivity index (χ0n) is 4.95. The van der Waals surface area contributed by atoms with E-state index in [1.54, 1.807) is 0 Å². The van der Waals surface area contributed by atoms with E-state index in [2.05, 4.69) is 22.2 Å². The van der Waals surface area contributed by atoms with E-state index in [9.17, 15) is 4.57 Å². The average Bonchev–Trinajstić information content (AvgIpc) is 2.19. The van der Waals surface area contributed by atoms with Gasteiger partial charge in [-0.1, -0.05) is 0 Å². The first-order valence-electron chi connectivity index (χ1n) is 2.33. The number of phosphoric acid groups is 1. The molecule has 0 aromatic heterocycles. The van der Waals surface area contributed by atoms with Gasteiger partial charge in [-0.2, -0.15) is 0 Å². The highest BCUT2D eigenvalue weighted by atomic mass is 31.2. The summed E-state index contributed by atoms with van der Waals surface area (Å²) in [4.78, 5) is 8.31. The van der Waals surface area contributed by atoms with Gasteiger partial charge in [-0.15, -0.1) is 13.2 Å². The quantitative estimate of drug-likeness (QED) is 0.414. The first-order chi connectivity index (χ1) is 4.21. The van der Waals surface area contributed by atoms with Gasteiger partial charge >= 0.3 is 7.82 Å². The molecule has 1 aliphatic rings. The molecular weight excluding hydrogens is 143 g/mol. The molecule has 0 unspecified atom stereocenters. The highest BCUT2D eigenvalue weighted by Gasteiger charge is 2.26. The summed E-state index contributed by atoms with van der Waals surface area (Å²) in [6, 6.07) is 0. The van der Waals surface area contributed by atoms with Gasteiger partial charge in [0.05, 0.1) is 13.2 Å². The second-order valence-corrected chi connectivity index (χ2v) is 2.59. The number of phosphoric ester groups is 1. The van der Waals surface area contributed by atoms with Gasteiger partial charge in [0.1, 0.15) is 0 Å². The second-order valence-electron chi connectivity index (χ2n) is 1.14. The topological polar surface area (TPSA) is 55.8 Å². The van der Waals surface area contributed by atoms with Crippen LogP contribution in [0.25, 0.3) is 0 Å². The van der Waals surface area contributed by atoms with E-state index in [1.165, 1.54) is 0 Å². The van der Waals surface area contributed by atoms with Crippen molar-refractivity contribution < 1.29 is 18.5 Å². The van der Waals surface area contributed by atoms with E-state index in [1.807, 2.05) is 0 Å². The number of hydrogen-bond donors (Lipinski definition) is 1. The van der Waals surface area contributed by atoms with Crippen molar-refractivity contribution in [3.05, 3.63) is 13.2 Å². The number of rotatable bonds is 0. The average molecular weight is 152 g/mol. The molecule has 5 heteroatoms. The molecule has 0 spiro atoms. The Morgan fingerprint density at radius 3 is 1.78 bits per heavy atom. The smallest absolute Gasteiger partial charge is 0.302 e. The maximum atomic E-state index is 10.1. The third-order valence-corrected chi connectivity index (χ3v) is 1.61. The molecular formula is C4H9O4P. The van der Waals surface area contributed by atoms with Crippen molar-refractivity contribution >= 4 is 7.82 Å². The molecule has 54 valence electrons. The fourth-order valence-electron chi connectivity index (χ4n) is 0.343. The zero-order valence-corrected chi connectivity index (χ0v) is 5.84. The standard InChI is InChI=1S/C2H5O4P.C2H4/c3-7(4)5-1-2-6-7;1-2/h1-2H2,(H,3,4);1-2H2. The van der Waals surface area contributed by atoms with E-state index >= 15 is 0 Å². The Balaban J connectivity index is 0.000000291. The molecule has 1 fully saturated rings. The first-order valence-corrected chi connectivity index (χ1v) is 3.82. The molecule has 0 aliphatic carbocycles. The fourth-order valence-corrected chi connectivity index (χ4v) is 1.03. The molecule has 1 saturated heterocycles. The van der Waals surface area contributed by atoms with Crippen molar-refractivity contribution in [3.63, 3.8) is 0 Å². The van der Waals surface area contributed by atoms with Gasteiger partial charge in [0, 0.05) is 0 Å². The van der Waals surface area contributed by atoms with Crippen LogP contribution in [0.15, 0.2) is 13.2 Å². The predicted molar refractivity (Wildman–Crippen MR) is 33.0 cm³/mol. The zero-order chi connectivity index (χ0) is 7.33. The lowest BCUT2D eigenvalue weighted by Crippen LogP contribution is -1.79. The summed E-state index contributed by atoms with van der Waals surface area (Å²) in [5, 5.41) is 0. The van der Waals surface area contributed by atoms with E-state index < -0.39 is 7.82 Å². The maximum absolute atomic E-state index is 10.1. The highest BCUT2D eigenvalue weighted by Crippen LogP contribution is 2.46. The van der Waals surface area contributed by atoms with Crippen molar-refractivity contribution in [1.29, 1.82) is 0 Å². The van der Waals surface area contributed by atoms with Crippen LogP contribution in [0.5, 0.6) is 0 Å². The van der Waals surface area contributed by atoms with Crippen molar-refractivity contribution in [1.82, 2.24) is 0 Å². The molecule has 1 aliphatic heterocycles. The SMILES string of the molecule is C=C.O=P1(O)OCCO1.